The summed E-state index contributed by atoms with van der Waals surface area (Å²) in [6, 6.07) is 12.5. The quantitative estimate of drug-likeness (QED) is 0.816. The largest absolute Gasteiger partial charge is 0.494 e. The molecule has 2 rings (SSSR count). The van der Waals surface area contributed by atoms with Crippen LogP contribution in [0.3, 0.4) is 0 Å². The highest BCUT2D eigenvalue weighted by Gasteiger charge is 2.06. The summed E-state index contributed by atoms with van der Waals surface area (Å²) in [5.74, 6) is 2.00. The van der Waals surface area contributed by atoms with E-state index in [1.54, 1.807) is 32.4 Å². The van der Waals surface area contributed by atoms with E-state index in [-0.39, 0.29) is 6.03 Å². The monoisotopic (exact) mass is 330 g/mol. The van der Waals surface area contributed by atoms with E-state index < -0.39 is 0 Å². The molecule has 2 N–H and O–H groups in total. The van der Waals surface area contributed by atoms with E-state index in [0.717, 1.165) is 11.3 Å². The number of carbonyl (C=O) groups excluding carboxylic acids is 1. The molecule has 2 aromatic rings. The molecule has 6 nitrogen and oxygen atoms in total. The predicted octanol–water partition coefficient (Wildman–Crippen LogP) is 3.42. The third-order valence-corrected chi connectivity index (χ3v) is 3.30. The second-order valence-corrected chi connectivity index (χ2v) is 4.96. The average Bonchev–Trinajstić information content (AvgIpc) is 2.60. The maximum absolute atomic E-state index is 12.0. The number of amides is 2. The summed E-state index contributed by atoms with van der Waals surface area (Å²) in [6.07, 6.45) is 0. The van der Waals surface area contributed by atoms with Crippen LogP contribution in [0.15, 0.2) is 42.5 Å². The maximum atomic E-state index is 12.0. The number of ether oxygens (including phenoxy) is 3. The van der Waals surface area contributed by atoms with Gasteiger partial charge in [-0.3, -0.25) is 0 Å². The van der Waals surface area contributed by atoms with Gasteiger partial charge in [-0.25, -0.2) is 4.79 Å². The molecule has 0 bridgehead atoms. The molecular weight excluding hydrogens is 308 g/mol. The predicted molar refractivity (Wildman–Crippen MR) is 93.0 cm³/mol. The van der Waals surface area contributed by atoms with Crippen LogP contribution < -0.4 is 24.8 Å². The van der Waals surface area contributed by atoms with Crippen LogP contribution in [0.2, 0.25) is 0 Å². The van der Waals surface area contributed by atoms with Crippen molar-refractivity contribution in [3.63, 3.8) is 0 Å². The van der Waals surface area contributed by atoms with Gasteiger partial charge in [-0.05, 0) is 36.8 Å². The summed E-state index contributed by atoms with van der Waals surface area (Å²) in [7, 11) is 3.16. The molecule has 24 heavy (non-hydrogen) atoms. The van der Waals surface area contributed by atoms with Gasteiger partial charge in [0.15, 0.2) is 11.5 Å². The van der Waals surface area contributed by atoms with Gasteiger partial charge >= 0.3 is 6.03 Å². The second kappa shape index (κ2) is 8.67. The molecule has 0 atom stereocenters. The Balaban J connectivity index is 1.92. The molecule has 0 spiro atoms. The Labute approximate surface area is 141 Å². The van der Waals surface area contributed by atoms with Crippen LogP contribution in [0.4, 0.5) is 10.5 Å². The van der Waals surface area contributed by atoms with Crippen LogP contribution >= 0.6 is 0 Å². The summed E-state index contributed by atoms with van der Waals surface area (Å²) >= 11 is 0. The van der Waals surface area contributed by atoms with Crippen molar-refractivity contribution in [2.24, 2.45) is 0 Å². The van der Waals surface area contributed by atoms with Crippen LogP contribution in [0, 0.1) is 0 Å². The van der Waals surface area contributed by atoms with E-state index in [1.165, 1.54) is 0 Å². The molecule has 0 heterocycles. The van der Waals surface area contributed by atoms with E-state index >= 15 is 0 Å². The fraction of sp³-hybridized carbons (Fsp3) is 0.278. The topological polar surface area (TPSA) is 68.8 Å². The Morgan fingerprint density at radius 2 is 1.83 bits per heavy atom. The first kappa shape index (κ1) is 17.5. The third kappa shape index (κ3) is 4.81. The number of urea groups is 1. The Hall–Kier alpha value is -2.89. The number of anilines is 1. The van der Waals surface area contributed by atoms with Crippen molar-refractivity contribution in [3.05, 3.63) is 48.0 Å². The highest BCUT2D eigenvalue weighted by molar-refractivity contribution is 5.89. The molecule has 128 valence electrons. The van der Waals surface area contributed by atoms with Crippen molar-refractivity contribution in [2.75, 3.05) is 26.1 Å². The zero-order valence-corrected chi connectivity index (χ0v) is 14.1. The Bertz CT molecular complexity index is 688. The lowest BCUT2D eigenvalue weighted by atomic mass is 10.2. The molecule has 0 radical (unpaired) electrons. The van der Waals surface area contributed by atoms with Gasteiger partial charge in [0.2, 0.25) is 0 Å². The van der Waals surface area contributed by atoms with E-state index in [4.69, 9.17) is 14.2 Å². The van der Waals surface area contributed by atoms with Crippen molar-refractivity contribution in [1.29, 1.82) is 0 Å². The summed E-state index contributed by atoms with van der Waals surface area (Å²) in [4.78, 5) is 12.0. The van der Waals surface area contributed by atoms with Crippen LogP contribution in [-0.2, 0) is 6.54 Å². The molecular formula is C18H22N2O4. The molecule has 2 amide bonds. The first-order valence-electron chi connectivity index (χ1n) is 7.65. The maximum Gasteiger partial charge on any atom is 0.319 e. The molecule has 0 fully saturated rings. The van der Waals surface area contributed by atoms with Crippen molar-refractivity contribution in [1.82, 2.24) is 5.32 Å². The molecule has 0 aromatic heterocycles. The van der Waals surface area contributed by atoms with E-state index in [2.05, 4.69) is 10.6 Å². The van der Waals surface area contributed by atoms with Crippen LogP contribution in [-0.4, -0.2) is 26.9 Å². The second-order valence-electron chi connectivity index (χ2n) is 4.96. The van der Waals surface area contributed by atoms with E-state index in [0.29, 0.717) is 30.3 Å². The van der Waals surface area contributed by atoms with Gasteiger partial charge in [0, 0.05) is 18.3 Å². The van der Waals surface area contributed by atoms with Crippen molar-refractivity contribution >= 4 is 11.7 Å². The molecule has 0 aliphatic heterocycles. The standard InChI is InChI=1S/C18H22N2O4/c1-4-24-15-7-5-6-14(11-15)20-18(21)19-12-13-8-9-16(22-2)17(10-13)23-3/h5-11H,4,12H2,1-3H3,(H2,19,20,21). The van der Waals surface area contributed by atoms with Gasteiger partial charge in [0.25, 0.3) is 0 Å². The number of hydrogen-bond acceptors (Lipinski definition) is 4. The lowest BCUT2D eigenvalue weighted by molar-refractivity contribution is 0.251. The number of rotatable bonds is 7. The first-order valence-corrected chi connectivity index (χ1v) is 7.65. The zero-order valence-electron chi connectivity index (χ0n) is 14.1. The van der Waals surface area contributed by atoms with Crippen LogP contribution in [0.1, 0.15) is 12.5 Å². The number of nitrogens with one attached hydrogen (secondary N) is 2. The van der Waals surface area contributed by atoms with Gasteiger partial charge in [-0.15, -0.1) is 0 Å². The van der Waals surface area contributed by atoms with Crippen molar-refractivity contribution in [2.45, 2.75) is 13.5 Å². The summed E-state index contributed by atoms with van der Waals surface area (Å²) in [5.41, 5.74) is 1.58. The van der Waals surface area contributed by atoms with Gasteiger partial charge in [-0.2, -0.15) is 0 Å². The van der Waals surface area contributed by atoms with Crippen LogP contribution in [0.5, 0.6) is 17.2 Å². The van der Waals surface area contributed by atoms with Gasteiger partial charge in [0.1, 0.15) is 5.75 Å². The average molecular weight is 330 g/mol. The SMILES string of the molecule is CCOc1cccc(NC(=O)NCc2ccc(OC)c(OC)c2)c1. The van der Waals surface area contributed by atoms with Crippen molar-refractivity contribution < 1.29 is 19.0 Å². The zero-order chi connectivity index (χ0) is 17.4. The van der Waals surface area contributed by atoms with Crippen LogP contribution in [0.25, 0.3) is 0 Å². The Kier molecular flexibility index (Phi) is 6.31. The minimum absolute atomic E-state index is 0.293. The lowest BCUT2D eigenvalue weighted by Crippen LogP contribution is -2.28. The highest BCUT2D eigenvalue weighted by Crippen LogP contribution is 2.27. The Morgan fingerprint density at radius 1 is 1.04 bits per heavy atom. The molecule has 0 saturated heterocycles. The fourth-order valence-corrected chi connectivity index (χ4v) is 2.18. The Morgan fingerprint density at radius 3 is 2.54 bits per heavy atom. The minimum Gasteiger partial charge on any atom is -0.494 e. The summed E-state index contributed by atoms with van der Waals surface area (Å²) in [6.45, 7) is 2.86. The molecule has 2 aromatic carbocycles. The number of methoxy groups -OCH3 is 2. The molecule has 0 aliphatic rings. The molecule has 0 unspecified atom stereocenters. The smallest absolute Gasteiger partial charge is 0.319 e. The number of hydrogen-bond donors (Lipinski definition) is 2. The third-order valence-electron chi connectivity index (χ3n) is 3.30. The van der Waals surface area contributed by atoms with Gasteiger partial charge in [-0.1, -0.05) is 12.1 Å². The van der Waals surface area contributed by atoms with Gasteiger partial charge in [0.05, 0.1) is 20.8 Å². The molecule has 6 heteroatoms. The van der Waals surface area contributed by atoms with E-state index in [9.17, 15) is 4.79 Å². The highest BCUT2D eigenvalue weighted by atomic mass is 16.5. The minimum atomic E-state index is -0.293. The normalized spacial score (nSPS) is 9.96. The first-order chi connectivity index (χ1) is 11.7. The van der Waals surface area contributed by atoms with Crippen molar-refractivity contribution in [3.8, 4) is 17.2 Å². The summed E-state index contributed by atoms with van der Waals surface area (Å²) < 4.78 is 15.8. The number of benzene rings is 2. The fourth-order valence-electron chi connectivity index (χ4n) is 2.18. The number of carbonyl (C=O) groups is 1. The molecule has 0 aliphatic carbocycles. The van der Waals surface area contributed by atoms with E-state index in [1.807, 2.05) is 31.2 Å². The molecule has 0 saturated carbocycles. The lowest BCUT2D eigenvalue weighted by Gasteiger charge is -2.11. The van der Waals surface area contributed by atoms with Gasteiger partial charge < -0.3 is 24.8 Å². The summed E-state index contributed by atoms with van der Waals surface area (Å²) in [5, 5.41) is 5.58.